The fourth-order valence-electron chi connectivity index (χ4n) is 0.677. The summed E-state index contributed by atoms with van der Waals surface area (Å²) in [4.78, 5) is 0. The molecule has 0 aromatic rings. The van der Waals surface area contributed by atoms with Crippen molar-refractivity contribution in [2.75, 3.05) is 19.4 Å². The first-order chi connectivity index (χ1) is 5.45. The summed E-state index contributed by atoms with van der Waals surface area (Å²) in [6.07, 6.45) is 0.767. The first-order valence-corrected chi connectivity index (χ1v) is 7.79. The monoisotopic (exact) mass is 252 g/mol. The second-order valence-electron chi connectivity index (χ2n) is 2.34. The smallest absolute Gasteiger partial charge is 0.254 e. The first kappa shape index (κ1) is 13.1. The van der Waals surface area contributed by atoms with Crippen molar-refractivity contribution in [3.63, 3.8) is 0 Å². The number of halogens is 3. The molecule has 0 saturated heterocycles. The van der Waals surface area contributed by atoms with Gasteiger partial charge in [-0.3, -0.25) is 4.57 Å². The SMILES string of the molecule is CCOCCC(Cl)CP(=O)(Cl)Cl. The maximum atomic E-state index is 10.9. The molecule has 0 aromatic carbocycles. The number of rotatable bonds is 6. The fraction of sp³-hybridized carbons (Fsp3) is 1.00. The summed E-state index contributed by atoms with van der Waals surface area (Å²) in [6.45, 7) is 3.11. The molecule has 6 heteroatoms. The molecule has 2 nitrogen and oxygen atoms in total. The summed E-state index contributed by atoms with van der Waals surface area (Å²) in [5.41, 5.74) is 0. The van der Waals surface area contributed by atoms with Crippen molar-refractivity contribution in [2.24, 2.45) is 0 Å². The van der Waals surface area contributed by atoms with Crippen LogP contribution in [-0.4, -0.2) is 24.8 Å². The van der Waals surface area contributed by atoms with Gasteiger partial charge >= 0.3 is 0 Å². The average molecular weight is 253 g/mol. The minimum Gasteiger partial charge on any atom is -0.382 e. The predicted molar refractivity (Wildman–Crippen MR) is 54.9 cm³/mol. The van der Waals surface area contributed by atoms with Crippen molar-refractivity contribution >= 4 is 39.9 Å². The molecule has 0 aliphatic heterocycles. The molecule has 0 aliphatic carbocycles. The Balaban J connectivity index is 3.46. The van der Waals surface area contributed by atoms with Crippen molar-refractivity contribution in [1.29, 1.82) is 0 Å². The van der Waals surface area contributed by atoms with Crippen LogP contribution in [-0.2, 0) is 9.30 Å². The normalized spacial score (nSPS) is 14.7. The van der Waals surface area contributed by atoms with Crippen LogP contribution in [0.1, 0.15) is 13.3 Å². The molecule has 0 rings (SSSR count). The van der Waals surface area contributed by atoms with Crippen molar-refractivity contribution in [3.8, 4) is 0 Å². The minimum absolute atomic E-state index is 0.144. The van der Waals surface area contributed by atoms with Gasteiger partial charge in [0.25, 0.3) is 5.85 Å². The Labute approximate surface area is 87.5 Å². The largest absolute Gasteiger partial charge is 0.382 e. The maximum Gasteiger partial charge on any atom is 0.254 e. The molecule has 74 valence electrons. The molecule has 0 aromatic heterocycles. The predicted octanol–water partition coefficient (Wildman–Crippen LogP) is 3.69. The summed E-state index contributed by atoms with van der Waals surface area (Å²) in [7, 11) is 0. The summed E-state index contributed by atoms with van der Waals surface area (Å²) >= 11 is 16.5. The van der Waals surface area contributed by atoms with Gasteiger partial charge in [0.1, 0.15) is 0 Å². The highest BCUT2D eigenvalue weighted by Crippen LogP contribution is 2.57. The Kier molecular flexibility index (Phi) is 7.08. The van der Waals surface area contributed by atoms with Crippen LogP contribution in [0.5, 0.6) is 0 Å². The molecule has 0 spiro atoms. The lowest BCUT2D eigenvalue weighted by molar-refractivity contribution is 0.145. The first-order valence-electron chi connectivity index (χ1n) is 3.66. The van der Waals surface area contributed by atoms with Crippen LogP contribution in [0.4, 0.5) is 0 Å². The molecule has 0 fully saturated rings. The second kappa shape index (κ2) is 6.50. The van der Waals surface area contributed by atoms with E-state index in [1.54, 1.807) is 0 Å². The topological polar surface area (TPSA) is 26.3 Å². The third kappa shape index (κ3) is 9.15. The third-order valence-electron chi connectivity index (χ3n) is 1.19. The van der Waals surface area contributed by atoms with Gasteiger partial charge in [-0.05, 0) is 35.8 Å². The van der Waals surface area contributed by atoms with E-state index in [-0.39, 0.29) is 11.5 Å². The van der Waals surface area contributed by atoms with E-state index in [2.05, 4.69) is 0 Å². The Morgan fingerprint density at radius 3 is 2.50 bits per heavy atom. The van der Waals surface area contributed by atoms with E-state index in [1.807, 2.05) is 6.92 Å². The number of ether oxygens (including phenoxy) is 1. The van der Waals surface area contributed by atoms with Gasteiger partial charge in [0, 0.05) is 24.8 Å². The van der Waals surface area contributed by atoms with Crippen molar-refractivity contribution in [2.45, 2.75) is 18.7 Å². The Bertz CT molecular complexity index is 159. The standard InChI is InChI=1S/C6H12Cl3O2P/c1-2-11-4-3-6(7)5-12(8,9)10/h6H,2-5H2,1H3. The Morgan fingerprint density at radius 2 is 2.08 bits per heavy atom. The van der Waals surface area contributed by atoms with Gasteiger partial charge in [0.2, 0.25) is 0 Å². The number of alkyl halides is 1. The van der Waals surface area contributed by atoms with E-state index in [0.29, 0.717) is 19.6 Å². The van der Waals surface area contributed by atoms with Crippen molar-refractivity contribution in [1.82, 2.24) is 0 Å². The van der Waals surface area contributed by atoms with Gasteiger partial charge in [-0.15, -0.1) is 11.6 Å². The van der Waals surface area contributed by atoms with Crippen LogP contribution in [0.3, 0.4) is 0 Å². The molecule has 0 amide bonds. The highest BCUT2D eigenvalue weighted by molar-refractivity contribution is 8.08. The molecular formula is C6H12Cl3O2P. The van der Waals surface area contributed by atoms with Gasteiger partial charge in [-0.2, -0.15) is 0 Å². The number of hydrogen-bond donors (Lipinski definition) is 0. The second-order valence-corrected chi connectivity index (χ2v) is 8.25. The van der Waals surface area contributed by atoms with E-state index < -0.39 is 5.85 Å². The van der Waals surface area contributed by atoms with Crippen molar-refractivity contribution < 1.29 is 9.30 Å². The molecule has 0 aliphatic rings. The lowest BCUT2D eigenvalue weighted by atomic mass is 10.3. The van der Waals surface area contributed by atoms with E-state index >= 15 is 0 Å². The van der Waals surface area contributed by atoms with Crippen LogP contribution >= 0.6 is 39.9 Å². The van der Waals surface area contributed by atoms with E-state index in [0.717, 1.165) is 0 Å². The molecule has 0 heterocycles. The zero-order chi connectivity index (χ0) is 9.61. The van der Waals surface area contributed by atoms with Gasteiger partial charge in [-0.25, -0.2) is 0 Å². The van der Waals surface area contributed by atoms with Crippen molar-refractivity contribution in [3.05, 3.63) is 0 Å². The average Bonchev–Trinajstić information content (AvgIpc) is 1.84. The highest BCUT2D eigenvalue weighted by Gasteiger charge is 2.19. The van der Waals surface area contributed by atoms with E-state index in [1.165, 1.54) is 0 Å². The molecule has 1 atom stereocenters. The van der Waals surface area contributed by atoms with Gasteiger partial charge in [-0.1, -0.05) is 0 Å². The van der Waals surface area contributed by atoms with Gasteiger partial charge in [0.15, 0.2) is 0 Å². The summed E-state index contributed by atoms with van der Waals surface area (Å²) in [5.74, 6) is -3.01. The third-order valence-corrected chi connectivity index (χ3v) is 3.47. The number of hydrogen-bond acceptors (Lipinski definition) is 2. The molecule has 12 heavy (non-hydrogen) atoms. The molecule has 0 radical (unpaired) electrons. The van der Waals surface area contributed by atoms with Crippen LogP contribution in [0, 0.1) is 0 Å². The molecule has 0 N–H and O–H groups in total. The summed E-state index contributed by atoms with van der Waals surface area (Å²) in [5, 5.41) is -0.266. The maximum absolute atomic E-state index is 10.9. The van der Waals surface area contributed by atoms with Crippen LogP contribution in [0.25, 0.3) is 0 Å². The molecule has 0 bridgehead atoms. The lowest BCUT2D eigenvalue weighted by Gasteiger charge is -2.09. The zero-order valence-corrected chi connectivity index (χ0v) is 9.97. The van der Waals surface area contributed by atoms with Crippen LogP contribution in [0.2, 0.25) is 0 Å². The van der Waals surface area contributed by atoms with E-state index in [4.69, 9.17) is 38.8 Å². The molecule has 1 unspecified atom stereocenters. The summed E-state index contributed by atoms with van der Waals surface area (Å²) < 4.78 is 15.9. The fourth-order valence-corrected chi connectivity index (χ4v) is 3.42. The quantitative estimate of drug-likeness (QED) is 0.410. The van der Waals surface area contributed by atoms with Gasteiger partial charge in [0.05, 0.1) is 0 Å². The minimum atomic E-state index is -3.01. The van der Waals surface area contributed by atoms with Crippen LogP contribution < -0.4 is 0 Å². The lowest BCUT2D eigenvalue weighted by Crippen LogP contribution is -2.07. The highest BCUT2D eigenvalue weighted by atomic mass is 35.9. The molecular weight excluding hydrogens is 241 g/mol. The van der Waals surface area contributed by atoms with Gasteiger partial charge < -0.3 is 4.74 Å². The Morgan fingerprint density at radius 1 is 1.50 bits per heavy atom. The van der Waals surface area contributed by atoms with E-state index in [9.17, 15) is 4.57 Å². The Hall–Kier alpha value is 1.06. The zero-order valence-electron chi connectivity index (χ0n) is 6.80. The van der Waals surface area contributed by atoms with Crippen LogP contribution in [0.15, 0.2) is 0 Å². The molecule has 0 saturated carbocycles. The summed E-state index contributed by atoms with van der Waals surface area (Å²) in [6, 6.07) is 0.